The van der Waals surface area contributed by atoms with Gasteiger partial charge in [0, 0.05) is 25.4 Å². The Kier molecular flexibility index (Phi) is 4.54. The second kappa shape index (κ2) is 6.94. The average molecular weight is 292 g/mol. The molecule has 3 heteroatoms. The fourth-order valence-corrected chi connectivity index (χ4v) is 2.20. The molecule has 0 fully saturated rings. The Morgan fingerprint density at radius 1 is 1.00 bits per heavy atom. The van der Waals surface area contributed by atoms with Crippen LogP contribution in [-0.2, 0) is 6.54 Å². The zero-order chi connectivity index (χ0) is 15.2. The molecule has 0 bridgehead atoms. The molecule has 0 amide bonds. The summed E-state index contributed by atoms with van der Waals surface area (Å²) in [5.74, 6) is 0.931. The van der Waals surface area contributed by atoms with Gasteiger partial charge in [0.2, 0.25) is 0 Å². The van der Waals surface area contributed by atoms with Crippen LogP contribution < -0.4 is 4.74 Å². The van der Waals surface area contributed by atoms with Crippen molar-refractivity contribution < 1.29 is 4.74 Å². The van der Waals surface area contributed by atoms with Crippen LogP contribution in [0, 0.1) is 10.4 Å². The van der Waals surface area contributed by atoms with Gasteiger partial charge < -0.3 is 9.30 Å². The monoisotopic (exact) mass is 292 g/mol. The number of imidazole rings is 1. The van der Waals surface area contributed by atoms with Crippen LogP contribution in [0.2, 0.25) is 0 Å². The molecule has 0 spiro atoms. The molecule has 22 heavy (non-hydrogen) atoms. The Morgan fingerprint density at radius 2 is 1.68 bits per heavy atom. The van der Waals surface area contributed by atoms with Crippen LogP contribution >= 0.6 is 0 Å². The fourth-order valence-electron chi connectivity index (χ4n) is 2.20. The minimum absolute atomic E-state index is 0.213. The quantitative estimate of drug-likeness (QED) is 0.555. The maximum Gasteiger partial charge on any atom is 0.119 e. The van der Waals surface area contributed by atoms with Gasteiger partial charge in [-0.05, 0) is 29.5 Å². The lowest BCUT2D eigenvalue weighted by atomic mass is 10.1. The number of aryl methyl sites for hydroxylation is 1. The SMILES string of the molecule is CC(CCn1ccnc1)Oc1ccccc1.c1cc2ccc1=2. The molecule has 0 radical (unpaired) electrons. The fraction of sp³-hybridized carbons (Fsp3) is 0.211. The highest BCUT2D eigenvalue weighted by atomic mass is 16.5. The molecule has 0 saturated heterocycles. The standard InChI is InChI=1S/C13H16N2O.C6H4/c1-12(7-9-15-10-8-14-11-15)16-13-5-3-2-4-6-13;1-2-6-4-3-5(1)6/h2-6,8,10-12H,7,9H2,1H3;1-4H. The van der Waals surface area contributed by atoms with Gasteiger partial charge in [0.05, 0.1) is 12.4 Å². The van der Waals surface area contributed by atoms with Gasteiger partial charge in [-0.2, -0.15) is 0 Å². The summed E-state index contributed by atoms with van der Waals surface area (Å²) in [6, 6.07) is 18.4. The van der Waals surface area contributed by atoms with E-state index < -0.39 is 0 Å². The Bertz CT molecular complexity index is 732. The molecule has 2 aromatic rings. The van der Waals surface area contributed by atoms with Gasteiger partial charge >= 0.3 is 0 Å². The minimum Gasteiger partial charge on any atom is -0.491 e. The van der Waals surface area contributed by atoms with Gasteiger partial charge in [-0.3, -0.25) is 0 Å². The van der Waals surface area contributed by atoms with Gasteiger partial charge in [0.15, 0.2) is 0 Å². The summed E-state index contributed by atoms with van der Waals surface area (Å²) in [5, 5.41) is 2.85. The van der Waals surface area contributed by atoms with E-state index in [4.69, 9.17) is 4.74 Å². The maximum absolute atomic E-state index is 5.78. The van der Waals surface area contributed by atoms with Crippen molar-refractivity contribution in [3.8, 4) is 5.75 Å². The zero-order valence-corrected chi connectivity index (χ0v) is 12.7. The zero-order valence-electron chi connectivity index (χ0n) is 12.7. The Morgan fingerprint density at radius 3 is 2.18 bits per heavy atom. The molecule has 2 aliphatic carbocycles. The predicted molar refractivity (Wildman–Crippen MR) is 87.5 cm³/mol. The number of nitrogens with zero attached hydrogens (tertiary/aromatic N) is 2. The van der Waals surface area contributed by atoms with Gasteiger partial charge in [0.25, 0.3) is 0 Å². The normalized spacial score (nSPS) is 12.0. The molecule has 0 aliphatic heterocycles. The van der Waals surface area contributed by atoms with E-state index in [9.17, 15) is 0 Å². The third kappa shape index (κ3) is 3.76. The van der Waals surface area contributed by atoms with E-state index in [0.717, 1.165) is 18.7 Å². The first-order valence-electron chi connectivity index (χ1n) is 7.59. The van der Waals surface area contributed by atoms with Crippen LogP contribution in [0.15, 0.2) is 73.3 Å². The van der Waals surface area contributed by atoms with Crippen molar-refractivity contribution >= 4 is 0 Å². The number of rotatable bonds is 5. The summed E-state index contributed by atoms with van der Waals surface area (Å²) >= 11 is 0. The van der Waals surface area contributed by atoms with Crippen molar-refractivity contribution in [3.63, 3.8) is 0 Å². The van der Waals surface area contributed by atoms with E-state index in [0.29, 0.717) is 0 Å². The summed E-state index contributed by atoms with van der Waals surface area (Å²) in [6.07, 6.45) is 6.78. The molecule has 1 aromatic carbocycles. The third-order valence-electron chi connectivity index (χ3n) is 3.65. The highest BCUT2D eigenvalue weighted by Crippen LogP contribution is 2.12. The van der Waals surface area contributed by atoms with Crippen LogP contribution in [0.4, 0.5) is 0 Å². The summed E-state index contributed by atoms with van der Waals surface area (Å²) in [6.45, 7) is 3.03. The van der Waals surface area contributed by atoms with Crippen molar-refractivity contribution in [2.24, 2.45) is 0 Å². The van der Waals surface area contributed by atoms with Crippen LogP contribution in [0.5, 0.6) is 5.75 Å². The second-order valence-electron chi connectivity index (χ2n) is 5.41. The van der Waals surface area contributed by atoms with Gasteiger partial charge in [-0.1, -0.05) is 42.5 Å². The molecular weight excluding hydrogens is 272 g/mol. The molecule has 1 unspecified atom stereocenters. The summed E-state index contributed by atoms with van der Waals surface area (Å²) < 4.78 is 7.84. The van der Waals surface area contributed by atoms with Crippen LogP contribution in [0.1, 0.15) is 13.3 Å². The summed E-state index contributed by atoms with van der Waals surface area (Å²) in [4.78, 5) is 4.01. The van der Waals surface area contributed by atoms with E-state index in [-0.39, 0.29) is 6.10 Å². The molecule has 2 aliphatic rings. The summed E-state index contributed by atoms with van der Waals surface area (Å²) in [7, 11) is 0. The molecule has 3 nitrogen and oxygen atoms in total. The number of benzene rings is 2. The smallest absolute Gasteiger partial charge is 0.119 e. The first-order valence-corrected chi connectivity index (χ1v) is 7.59. The lowest BCUT2D eigenvalue weighted by Crippen LogP contribution is -2.14. The Balaban J connectivity index is 0.000000196. The van der Waals surface area contributed by atoms with E-state index in [1.165, 1.54) is 10.4 Å². The van der Waals surface area contributed by atoms with Crippen LogP contribution in [-0.4, -0.2) is 15.7 Å². The number of ether oxygens (including phenoxy) is 1. The molecule has 1 atom stereocenters. The molecule has 1 aromatic heterocycles. The van der Waals surface area contributed by atoms with Crippen LogP contribution in [0.3, 0.4) is 0 Å². The van der Waals surface area contributed by atoms with E-state index in [1.807, 2.05) is 42.9 Å². The van der Waals surface area contributed by atoms with Crippen molar-refractivity contribution in [1.29, 1.82) is 0 Å². The average Bonchev–Trinajstić information content (AvgIpc) is 3.04. The minimum atomic E-state index is 0.213. The van der Waals surface area contributed by atoms with Crippen molar-refractivity contribution in [2.45, 2.75) is 26.0 Å². The van der Waals surface area contributed by atoms with Crippen molar-refractivity contribution in [2.75, 3.05) is 0 Å². The molecule has 1 heterocycles. The van der Waals surface area contributed by atoms with E-state index >= 15 is 0 Å². The van der Waals surface area contributed by atoms with E-state index in [1.54, 1.807) is 6.20 Å². The number of para-hydroxylation sites is 1. The summed E-state index contributed by atoms with van der Waals surface area (Å²) in [5.41, 5.74) is 0. The predicted octanol–water partition coefficient (Wildman–Crippen LogP) is 4.03. The molecular formula is C19H20N2O. The molecule has 0 saturated carbocycles. The lowest BCUT2D eigenvalue weighted by Gasteiger charge is -2.14. The van der Waals surface area contributed by atoms with Crippen molar-refractivity contribution in [1.82, 2.24) is 9.55 Å². The van der Waals surface area contributed by atoms with E-state index in [2.05, 4.69) is 40.7 Å². The topological polar surface area (TPSA) is 27.1 Å². The van der Waals surface area contributed by atoms with Gasteiger partial charge in [0.1, 0.15) is 5.75 Å². The molecule has 0 N–H and O–H groups in total. The lowest BCUT2D eigenvalue weighted by molar-refractivity contribution is 0.204. The first-order chi connectivity index (χ1) is 10.8. The number of hydrogen-bond donors (Lipinski definition) is 0. The second-order valence-corrected chi connectivity index (χ2v) is 5.41. The number of hydrogen-bond acceptors (Lipinski definition) is 2. The van der Waals surface area contributed by atoms with Gasteiger partial charge in [-0.25, -0.2) is 4.98 Å². The van der Waals surface area contributed by atoms with Crippen LogP contribution in [0.25, 0.3) is 0 Å². The molecule has 112 valence electrons. The third-order valence-corrected chi connectivity index (χ3v) is 3.65. The van der Waals surface area contributed by atoms with Gasteiger partial charge in [-0.15, -0.1) is 0 Å². The molecule has 4 rings (SSSR count). The maximum atomic E-state index is 5.78. The number of aromatic nitrogens is 2. The highest BCUT2D eigenvalue weighted by molar-refractivity contribution is 5.22. The highest BCUT2D eigenvalue weighted by Gasteiger charge is 2.03. The largest absolute Gasteiger partial charge is 0.491 e. The van der Waals surface area contributed by atoms with Crippen molar-refractivity contribution in [3.05, 3.63) is 83.8 Å². The Labute approximate surface area is 130 Å². The first kappa shape index (κ1) is 14.4. The Hall–Kier alpha value is -2.55.